The van der Waals surface area contributed by atoms with Gasteiger partial charge in [-0.1, -0.05) is 59.1 Å². The van der Waals surface area contributed by atoms with E-state index in [2.05, 4.69) is 32.3 Å². The first kappa shape index (κ1) is 23.7. The van der Waals surface area contributed by atoms with Crippen molar-refractivity contribution >= 4 is 52.5 Å². The second-order valence-electron chi connectivity index (χ2n) is 7.92. The van der Waals surface area contributed by atoms with E-state index in [9.17, 15) is 4.79 Å². The van der Waals surface area contributed by atoms with Crippen LogP contribution in [0.15, 0.2) is 60.8 Å². The molecule has 5 nitrogen and oxygen atoms in total. The first-order chi connectivity index (χ1) is 16.0. The highest BCUT2D eigenvalue weighted by Crippen LogP contribution is 2.33. The highest BCUT2D eigenvalue weighted by Gasteiger charge is 2.24. The van der Waals surface area contributed by atoms with Crippen molar-refractivity contribution in [3.05, 3.63) is 93.0 Å². The number of benzene rings is 1. The van der Waals surface area contributed by atoms with Gasteiger partial charge in [0, 0.05) is 29.2 Å². The van der Waals surface area contributed by atoms with Crippen LogP contribution in [-0.4, -0.2) is 40.4 Å². The number of amides is 1. The molecule has 170 valence electrons. The number of pyridine rings is 2. The Morgan fingerprint density at radius 3 is 2.52 bits per heavy atom. The van der Waals surface area contributed by atoms with Crippen LogP contribution in [-0.2, 0) is 0 Å². The molecule has 1 N–H and O–H groups in total. The molecule has 3 aromatic rings. The Morgan fingerprint density at radius 2 is 1.79 bits per heavy atom. The van der Waals surface area contributed by atoms with Crippen LogP contribution in [0.2, 0.25) is 15.3 Å². The SMILES string of the molecule is O=C(Nc1ccc(Cl)nc1C1CCN(C/C=C/c2ccc(Cl)cc2)CC1)c1ccnc(Cl)c1. The van der Waals surface area contributed by atoms with Crippen molar-refractivity contribution < 1.29 is 4.79 Å². The molecule has 1 aliphatic rings. The number of likely N-dealkylation sites (tertiary alicyclic amines) is 1. The molecule has 0 bridgehead atoms. The summed E-state index contributed by atoms with van der Waals surface area (Å²) in [7, 11) is 0. The molecule has 33 heavy (non-hydrogen) atoms. The summed E-state index contributed by atoms with van der Waals surface area (Å²) in [5, 5.41) is 4.40. The van der Waals surface area contributed by atoms with Crippen LogP contribution in [0, 0.1) is 0 Å². The van der Waals surface area contributed by atoms with Crippen molar-refractivity contribution in [2.75, 3.05) is 25.0 Å². The lowest BCUT2D eigenvalue weighted by atomic mass is 9.92. The number of anilines is 1. The number of nitrogens with one attached hydrogen (secondary N) is 1. The van der Waals surface area contributed by atoms with Gasteiger partial charge in [-0.2, -0.15) is 0 Å². The molecule has 3 heterocycles. The predicted molar refractivity (Wildman–Crippen MR) is 135 cm³/mol. The molecule has 1 fully saturated rings. The molecular weight excluding hydrogens is 479 g/mol. The summed E-state index contributed by atoms with van der Waals surface area (Å²) in [6, 6.07) is 14.5. The molecule has 0 aliphatic carbocycles. The Hall–Kier alpha value is -2.44. The van der Waals surface area contributed by atoms with Gasteiger partial charge in [-0.05, 0) is 67.9 Å². The molecule has 2 aromatic heterocycles. The van der Waals surface area contributed by atoms with Crippen molar-refractivity contribution in [3.8, 4) is 0 Å². The van der Waals surface area contributed by atoms with Crippen molar-refractivity contribution in [2.45, 2.75) is 18.8 Å². The van der Waals surface area contributed by atoms with E-state index in [0.29, 0.717) is 16.4 Å². The second kappa shape index (κ2) is 11.1. The summed E-state index contributed by atoms with van der Waals surface area (Å²) in [4.78, 5) is 23.6. The Morgan fingerprint density at radius 1 is 1.03 bits per heavy atom. The summed E-state index contributed by atoms with van der Waals surface area (Å²) in [5.74, 6) is -0.0361. The number of aromatic nitrogens is 2. The van der Waals surface area contributed by atoms with Crippen LogP contribution in [0.1, 0.15) is 40.4 Å². The summed E-state index contributed by atoms with van der Waals surface area (Å²) in [5.41, 5.74) is 3.08. The lowest BCUT2D eigenvalue weighted by molar-refractivity contribution is 0.102. The highest BCUT2D eigenvalue weighted by molar-refractivity contribution is 6.30. The van der Waals surface area contributed by atoms with Crippen LogP contribution >= 0.6 is 34.8 Å². The number of halogens is 3. The number of nitrogens with zero attached hydrogens (tertiary/aromatic N) is 3. The fraction of sp³-hybridized carbons (Fsp3) is 0.240. The third-order valence-electron chi connectivity index (χ3n) is 5.65. The maximum Gasteiger partial charge on any atom is 0.255 e. The van der Waals surface area contributed by atoms with Crippen LogP contribution in [0.25, 0.3) is 6.08 Å². The molecule has 1 amide bonds. The quantitative estimate of drug-likeness (QED) is 0.388. The van der Waals surface area contributed by atoms with E-state index in [0.717, 1.165) is 48.8 Å². The molecule has 0 radical (unpaired) electrons. The van der Waals surface area contributed by atoms with Crippen molar-refractivity contribution in [1.29, 1.82) is 0 Å². The zero-order chi connectivity index (χ0) is 23.2. The molecule has 1 aromatic carbocycles. The topological polar surface area (TPSA) is 58.1 Å². The number of carbonyl (C=O) groups excluding carboxylic acids is 1. The highest BCUT2D eigenvalue weighted by atomic mass is 35.5. The molecule has 1 aliphatic heterocycles. The van der Waals surface area contributed by atoms with Gasteiger partial charge in [0.1, 0.15) is 10.3 Å². The Kier molecular flexibility index (Phi) is 7.99. The summed E-state index contributed by atoms with van der Waals surface area (Å²) >= 11 is 18.1. The number of piperidine rings is 1. The van der Waals surface area contributed by atoms with Gasteiger partial charge in [-0.15, -0.1) is 0 Å². The molecule has 0 atom stereocenters. The fourth-order valence-electron chi connectivity index (χ4n) is 3.91. The smallest absolute Gasteiger partial charge is 0.255 e. The van der Waals surface area contributed by atoms with Gasteiger partial charge in [-0.3, -0.25) is 9.69 Å². The summed E-state index contributed by atoms with van der Waals surface area (Å²) < 4.78 is 0. The van der Waals surface area contributed by atoms with E-state index in [1.807, 2.05) is 30.3 Å². The minimum Gasteiger partial charge on any atom is -0.320 e. The van der Waals surface area contributed by atoms with Crippen molar-refractivity contribution in [2.24, 2.45) is 0 Å². The Labute approximate surface area is 208 Å². The van der Waals surface area contributed by atoms with Gasteiger partial charge in [0.2, 0.25) is 0 Å². The number of hydrogen-bond donors (Lipinski definition) is 1. The number of rotatable bonds is 6. The maximum absolute atomic E-state index is 12.7. The van der Waals surface area contributed by atoms with E-state index in [1.54, 1.807) is 12.1 Å². The van der Waals surface area contributed by atoms with Crippen molar-refractivity contribution in [3.63, 3.8) is 0 Å². The third-order valence-corrected chi connectivity index (χ3v) is 6.32. The van der Waals surface area contributed by atoms with Gasteiger partial charge in [-0.25, -0.2) is 9.97 Å². The first-order valence-corrected chi connectivity index (χ1v) is 11.8. The molecule has 4 rings (SSSR count). The molecule has 8 heteroatoms. The molecule has 0 unspecified atom stereocenters. The lowest BCUT2D eigenvalue weighted by Gasteiger charge is -2.31. The molecule has 1 saturated heterocycles. The fourth-order valence-corrected chi connectivity index (χ4v) is 4.36. The average molecular weight is 502 g/mol. The van der Waals surface area contributed by atoms with Crippen LogP contribution in [0.4, 0.5) is 5.69 Å². The standard InChI is InChI=1S/C25H23Cl3N4O/c26-20-5-3-17(4-6-20)2-1-13-32-14-10-18(11-15-32)24-21(7-8-22(27)31-24)30-25(33)19-9-12-29-23(28)16-19/h1-9,12,16,18H,10-11,13-15H2,(H,30,33)/b2-1+. The van der Waals surface area contributed by atoms with E-state index in [4.69, 9.17) is 34.8 Å². The van der Waals surface area contributed by atoms with Gasteiger partial charge < -0.3 is 5.32 Å². The van der Waals surface area contributed by atoms with Crippen molar-refractivity contribution in [1.82, 2.24) is 14.9 Å². The molecular formula is C25H23Cl3N4O. The zero-order valence-corrected chi connectivity index (χ0v) is 20.1. The predicted octanol–water partition coefficient (Wildman–Crippen LogP) is 6.58. The molecule has 0 saturated carbocycles. The van der Waals surface area contributed by atoms with Gasteiger partial charge in [0.25, 0.3) is 5.91 Å². The van der Waals surface area contributed by atoms with Crippen LogP contribution in [0.3, 0.4) is 0 Å². The summed E-state index contributed by atoms with van der Waals surface area (Å²) in [6.45, 7) is 2.76. The maximum atomic E-state index is 12.7. The minimum absolute atomic E-state index is 0.219. The summed E-state index contributed by atoms with van der Waals surface area (Å²) in [6.07, 6.45) is 7.67. The Balaban J connectivity index is 1.38. The normalized spacial score (nSPS) is 15.1. The zero-order valence-electron chi connectivity index (χ0n) is 17.8. The lowest BCUT2D eigenvalue weighted by Crippen LogP contribution is -2.33. The van der Waals surface area contributed by atoms with E-state index in [-0.39, 0.29) is 17.0 Å². The third kappa shape index (κ3) is 6.55. The average Bonchev–Trinajstić information content (AvgIpc) is 2.82. The first-order valence-electron chi connectivity index (χ1n) is 10.7. The van der Waals surface area contributed by atoms with Gasteiger partial charge >= 0.3 is 0 Å². The van der Waals surface area contributed by atoms with E-state index >= 15 is 0 Å². The molecule has 0 spiro atoms. The second-order valence-corrected chi connectivity index (χ2v) is 9.13. The number of carbonyl (C=O) groups is 1. The van der Waals surface area contributed by atoms with E-state index in [1.165, 1.54) is 12.3 Å². The minimum atomic E-state index is -0.255. The van der Waals surface area contributed by atoms with Crippen LogP contribution < -0.4 is 5.32 Å². The van der Waals surface area contributed by atoms with Gasteiger partial charge in [0.05, 0.1) is 11.4 Å². The monoisotopic (exact) mass is 500 g/mol. The van der Waals surface area contributed by atoms with Crippen LogP contribution in [0.5, 0.6) is 0 Å². The van der Waals surface area contributed by atoms with E-state index < -0.39 is 0 Å². The van der Waals surface area contributed by atoms with Gasteiger partial charge in [0.15, 0.2) is 0 Å². The Bertz CT molecular complexity index is 1140. The number of hydrogen-bond acceptors (Lipinski definition) is 4. The largest absolute Gasteiger partial charge is 0.320 e.